The van der Waals surface area contributed by atoms with Gasteiger partial charge in [-0.2, -0.15) is 0 Å². The molecule has 3 aromatic rings. The Bertz CT molecular complexity index is 1250. The molecule has 10 heteroatoms. The van der Waals surface area contributed by atoms with Crippen molar-refractivity contribution in [3.8, 4) is 22.9 Å². The number of methoxy groups -OCH3 is 2. The van der Waals surface area contributed by atoms with Gasteiger partial charge in [0, 0.05) is 22.8 Å². The van der Waals surface area contributed by atoms with Crippen molar-refractivity contribution in [2.75, 3.05) is 14.2 Å². The molecular weight excluding hydrogens is 448 g/mol. The van der Waals surface area contributed by atoms with Gasteiger partial charge < -0.3 is 19.5 Å². The minimum atomic E-state index is -1.20. The SMILES string of the molecule is COc1cc(-c2ccc(C(=O)N3[C@@H](c4ccccc4F)CC[C@H]3C(=O)O)cc2F)c(OC)nn1. The topological polar surface area (TPSA) is 102 Å². The van der Waals surface area contributed by atoms with Gasteiger partial charge in [-0.05, 0) is 31.0 Å². The van der Waals surface area contributed by atoms with Crippen molar-refractivity contribution in [1.29, 1.82) is 0 Å². The van der Waals surface area contributed by atoms with Crippen LogP contribution in [0.5, 0.6) is 11.8 Å². The molecule has 176 valence electrons. The number of nitrogens with zero attached hydrogens (tertiary/aromatic N) is 3. The van der Waals surface area contributed by atoms with Crippen LogP contribution in [0.1, 0.15) is 34.8 Å². The van der Waals surface area contributed by atoms with Gasteiger partial charge in [-0.3, -0.25) is 4.79 Å². The number of carboxylic acids is 1. The number of carbonyl (C=O) groups is 2. The van der Waals surface area contributed by atoms with E-state index in [1.807, 2.05) is 0 Å². The standard InChI is InChI=1S/C24H21F2N3O5/c1-33-21-12-16(22(34-2)28-27-21)14-8-7-13(11-18(14)26)23(30)29-19(9-10-20(29)24(31)32)15-5-3-4-6-17(15)25/h3-8,11-12,19-20H,9-10H2,1-2H3,(H,31,32)/t19-,20+/m1/s1. The van der Waals surface area contributed by atoms with Crippen LogP contribution in [0.15, 0.2) is 48.5 Å². The van der Waals surface area contributed by atoms with Gasteiger partial charge in [0.2, 0.25) is 11.8 Å². The summed E-state index contributed by atoms with van der Waals surface area (Å²) in [5, 5.41) is 17.3. The van der Waals surface area contributed by atoms with E-state index in [1.165, 1.54) is 50.6 Å². The van der Waals surface area contributed by atoms with Crippen molar-refractivity contribution in [3.63, 3.8) is 0 Å². The summed E-state index contributed by atoms with van der Waals surface area (Å²) >= 11 is 0. The Morgan fingerprint density at radius 3 is 2.38 bits per heavy atom. The van der Waals surface area contributed by atoms with Crippen LogP contribution in [-0.2, 0) is 4.79 Å². The lowest BCUT2D eigenvalue weighted by atomic mass is 10.0. The maximum absolute atomic E-state index is 15.2. The summed E-state index contributed by atoms with van der Waals surface area (Å²) in [6, 6.07) is 9.16. The molecule has 0 spiro atoms. The summed E-state index contributed by atoms with van der Waals surface area (Å²) in [5.41, 5.74) is 0.503. The number of rotatable bonds is 6. The Balaban J connectivity index is 1.73. The van der Waals surface area contributed by atoms with Crippen LogP contribution in [0.25, 0.3) is 11.1 Å². The smallest absolute Gasteiger partial charge is 0.326 e. The first-order valence-corrected chi connectivity index (χ1v) is 10.4. The van der Waals surface area contributed by atoms with Gasteiger partial charge in [-0.1, -0.05) is 24.3 Å². The highest BCUT2D eigenvalue weighted by Gasteiger charge is 2.43. The van der Waals surface area contributed by atoms with Gasteiger partial charge in [0.1, 0.15) is 17.7 Å². The van der Waals surface area contributed by atoms with E-state index in [0.29, 0.717) is 0 Å². The molecule has 1 N–H and O–H groups in total. The third kappa shape index (κ3) is 4.14. The van der Waals surface area contributed by atoms with E-state index in [0.717, 1.165) is 11.0 Å². The molecule has 34 heavy (non-hydrogen) atoms. The molecule has 1 saturated heterocycles. The van der Waals surface area contributed by atoms with Gasteiger partial charge in [0.25, 0.3) is 5.91 Å². The Labute approximate surface area is 193 Å². The summed E-state index contributed by atoms with van der Waals surface area (Å²) in [7, 11) is 2.75. The fraction of sp³-hybridized carbons (Fsp3) is 0.250. The Hall–Kier alpha value is -4.08. The molecule has 2 heterocycles. The maximum Gasteiger partial charge on any atom is 0.326 e. The summed E-state index contributed by atoms with van der Waals surface area (Å²) in [6.45, 7) is 0. The van der Waals surface area contributed by atoms with E-state index in [4.69, 9.17) is 9.47 Å². The fourth-order valence-electron chi connectivity index (χ4n) is 4.21. The van der Waals surface area contributed by atoms with E-state index in [9.17, 15) is 19.1 Å². The molecule has 1 fully saturated rings. The number of likely N-dealkylation sites (tertiary alicyclic amines) is 1. The van der Waals surface area contributed by atoms with Crippen LogP contribution in [0, 0.1) is 11.6 Å². The zero-order valence-corrected chi connectivity index (χ0v) is 18.4. The Morgan fingerprint density at radius 2 is 1.74 bits per heavy atom. The number of ether oxygens (including phenoxy) is 2. The number of halogens is 2. The number of carbonyl (C=O) groups excluding carboxylic acids is 1. The van der Waals surface area contributed by atoms with E-state index in [-0.39, 0.29) is 46.9 Å². The van der Waals surface area contributed by atoms with E-state index in [2.05, 4.69) is 10.2 Å². The Morgan fingerprint density at radius 1 is 0.971 bits per heavy atom. The van der Waals surface area contributed by atoms with Crippen molar-refractivity contribution in [2.24, 2.45) is 0 Å². The van der Waals surface area contributed by atoms with E-state index >= 15 is 4.39 Å². The number of aromatic nitrogens is 2. The van der Waals surface area contributed by atoms with Gasteiger partial charge in [-0.15, -0.1) is 10.2 Å². The molecule has 1 aliphatic rings. The molecule has 8 nitrogen and oxygen atoms in total. The molecule has 1 aliphatic heterocycles. The van der Waals surface area contributed by atoms with Crippen molar-refractivity contribution >= 4 is 11.9 Å². The van der Waals surface area contributed by atoms with Crippen molar-refractivity contribution in [2.45, 2.75) is 24.9 Å². The second kappa shape index (κ2) is 9.42. The van der Waals surface area contributed by atoms with Crippen LogP contribution >= 0.6 is 0 Å². The predicted molar refractivity (Wildman–Crippen MR) is 116 cm³/mol. The minimum absolute atomic E-state index is 0.0591. The lowest BCUT2D eigenvalue weighted by Crippen LogP contribution is -2.42. The summed E-state index contributed by atoms with van der Waals surface area (Å²) < 4.78 is 39.9. The summed E-state index contributed by atoms with van der Waals surface area (Å²) in [4.78, 5) is 26.4. The molecule has 0 radical (unpaired) electrons. The molecule has 2 aromatic carbocycles. The molecule has 1 amide bonds. The maximum atomic E-state index is 15.2. The average Bonchev–Trinajstić information content (AvgIpc) is 3.28. The highest BCUT2D eigenvalue weighted by Crippen LogP contribution is 2.39. The van der Waals surface area contributed by atoms with Crippen LogP contribution in [-0.4, -0.2) is 52.3 Å². The second-order valence-electron chi connectivity index (χ2n) is 7.69. The van der Waals surface area contributed by atoms with Crippen LogP contribution < -0.4 is 9.47 Å². The van der Waals surface area contributed by atoms with Gasteiger partial charge in [0.05, 0.1) is 25.8 Å². The summed E-state index contributed by atoms with van der Waals surface area (Å²) in [6.07, 6.45) is 0.421. The Kier molecular flexibility index (Phi) is 6.40. The van der Waals surface area contributed by atoms with E-state index < -0.39 is 35.6 Å². The van der Waals surface area contributed by atoms with Crippen LogP contribution in [0.2, 0.25) is 0 Å². The van der Waals surface area contributed by atoms with Crippen LogP contribution in [0.3, 0.4) is 0 Å². The summed E-state index contributed by atoms with van der Waals surface area (Å²) in [5.74, 6) is -3.00. The zero-order valence-electron chi connectivity index (χ0n) is 18.4. The number of benzene rings is 2. The molecular formula is C24H21F2N3O5. The van der Waals surface area contributed by atoms with Crippen molar-refractivity contribution < 1.29 is 33.0 Å². The normalized spacial score (nSPS) is 17.5. The van der Waals surface area contributed by atoms with Gasteiger partial charge in [0.15, 0.2) is 0 Å². The predicted octanol–water partition coefficient (Wildman–Crippen LogP) is 3.87. The molecule has 2 atom stereocenters. The number of amides is 1. The van der Waals surface area contributed by atoms with E-state index in [1.54, 1.807) is 6.07 Å². The lowest BCUT2D eigenvalue weighted by Gasteiger charge is -2.29. The van der Waals surface area contributed by atoms with Gasteiger partial charge in [-0.25, -0.2) is 13.6 Å². The third-order valence-electron chi connectivity index (χ3n) is 5.82. The molecule has 0 bridgehead atoms. The first-order chi connectivity index (χ1) is 16.3. The van der Waals surface area contributed by atoms with Crippen molar-refractivity contribution in [3.05, 3.63) is 71.3 Å². The number of aliphatic carboxylic acids is 1. The lowest BCUT2D eigenvalue weighted by molar-refractivity contribution is -0.141. The number of hydrogen-bond donors (Lipinski definition) is 1. The number of hydrogen-bond acceptors (Lipinski definition) is 6. The van der Waals surface area contributed by atoms with Gasteiger partial charge >= 0.3 is 5.97 Å². The monoisotopic (exact) mass is 469 g/mol. The highest BCUT2D eigenvalue weighted by molar-refractivity contribution is 5.98. The molecule has 0 saturated carbocycles. The quantitative estimate of drug-likeness (QED) is 0.585. The van der Waals surface area contributed by atoms with Crippen LogP contribution in [0.4, 0.5) is 8.78 Å². The van der Waals surface area contributed by atoms with Crippen molar-refractivity contribution in [1.82, 2.24) is 15.1 Å². The second-order valence-corrected chi connectivity index (χ2v) is 7.69. The fourth-order valence-corrected chi connectivity index (χ4v) is 4.21. The molecule has 1 aromatic heterocycles. The molecule has 0 unspecified atom stereocenters. The average molecular weight is 469 g/mol. The molecule has 0 aliphatic carbocycles. The molecule has 4 rings (SSSR count). The minimum Gasteiger partial charge on any atom is -0.480 e. The zero-order chi connectivity index (χ0) is 24.4. The third-order valence-corrected chi connectivity index (χ3v) is 5.82. The first-order valence-electron chi connectivity index (χ1n) is 10.4. The largest absolute Gasteiger partial charge is 0.480 e. The highest BCUT2D eigenvalue weighted by atomic mass is 19.1. The number of carboxylic acid groups (broad SMARTS) is 1. The first kappa shape index (κ1) is 23.1.